The van der Waals surface area contributed by atoms with E-state index < -0.39 is 5.41 Å². The summed E-state index contributed by atoms with van der Waals surface area (Å²) >= 11 is 1.77. The number of rotatable bonds is 0. The van der Waals surface area contributed by atoms with Crippen molar-refractivity contribution in [2.75, 3.05) is 0 Å². The second-order valence-electron chi connectivity index (χ2n) is 7.31. The van der Waals surface area contributed by atoms with Gasteiger partial charge in [-0.1, -0.05) is 60.3 Å². The van der Waals surface area contributed by atoms with E-state index in [2.05, 4.69) is 48.5 Å². The van der Waals surface area contributed by atoms with Gasteiger partial charge in [0.2, 0.25) is 0 Å². The predicted molar refractivity (Wildman–Crippen MR) is 112 cm³/mol. The average molecular weight is 396 g/mol. The standard InChI is InChI=1S/C25H16O3S/c26-15-9-11-17-21(13-15)28-22-14-16(27)10-12-18(22)25(17)19-5-1-3-7-23(19)29-24-8-4-2-6-20(24)25/h1-14,26-27H. The van der Waals surface area contributed by atoms with Gasteiger partial charge in [0.25, 0.3) is 0 Å². The zero-order valence-corrected chi connectivity index (χ0v) is 16.1. The van der Waals surface area contributed by atoms with E-state index in [0.717, 1.165) is 11.1 Å². The van der Waals surface area contributed by atoms with Crippen LogP contribution >= 0.6 is 11.8 Å². The molecule has 0 atom stereocenters. The molecule has 1 spiro atoms. The van der Waals surface area contributed by atoms with Crippen LogP contribution in [-0.4, -0.2) is 10.2 Å². The molecule has 4 heteroatoms. The zero-order chi connectivity index (χ0) is 19.6. The highest BCUT2D eigenvalue weighted by Gasteiger charge is 2.49. The summed E-state index contributed by atoms with van der Waals surface area (Å²) in [5.41, 5.74) is 3.71. The van der Waals surface area contributed by atoms with Crippen molar-refractivity contribution in [1.29, 1.82) is 0 Å². The molecular weight excluding hydrogens is 380 g/mol. The molecule has 2 N–H and O–H groups in total. The minimum absolute atomic E-state index is 0.147. The smallest absolute Gasteiger partial charge is 0.135 e. The Morgan fingerprint density at radius 2 is 1.07 bits per heavy atom. The van der Waals surface area contributed by atoms with Gasteiger partial charge in [-0.05, 0) is 35.4 Å². The molecule has 0 unspecified atom stereocenters. The van der Waals surface area contributed by atoms with Crippen molar-refractivity contribution in [3.8, 4) is 23.0 Å². The third kappa shape index (κ3) is 2.15. The molecule has 0 amide bonds. The van der Waals surface area contributed by atoms with Gasteiger partial charge in [0.15, 0.2) is 0 Å². The maximum absolute atomic E-state index is 10.1. The molecule has 29 heavy (non-hydrogen) atoms. The van der Waals surface area contributed by atoms with Crippen molar-refractivity contribution < 1.29 is 14.9 Å². The first-order valence-electron chi connectivity index (χ1n) is 9.39. The van der Waals surface area contributed by atoms with Crippen LogP contribution in [0.15, 0.2) is 94.7 Å². The van der Waals surface area contributed by atoms with Crippen LogP contribution in [0.3, 0.4) is 0 Å². The van der Waals surface area contributed by atoms with Crippen molar-refractivity contribution in [1.82, 2.24) is 0 Å². The van der Waals surface area contributed by atoms with E-state index in [1.54, 1.807) is 36.0 Å². The van der Waals surface area contributed by atoms with Gasteiger partial charge in [-0.25, -0.2) is 0 Å². The first kappa shape index (κ1) is 16.6. The fraction of sp³-hybridized carbons (Fsp3) is 0.0400. The lowest BCUT2D eigenvalue weighted by Gasteiger charge is -2.45. The molecule has 2 aliphatic rings. The maximum Gasteiger partial charge on any atom is 0.135 e. The zero-order valence-electron chi connectivity index (χ0n) is 15.3. The summed E-state index contributed by atoms with van der Waals surface area (Å²) in [4.78, 5) is 2.37. The third-order valence-corrected chi connectivity index (χ3v) is 6.91. The lowest BCUT2D eigenvalue weighted by molar-refractivity contribution is 0.413. The Morgan fingerprint density at radius 1 is 0.586 bits per heavy atom. The number of hydrogen-bond acceptors (Lipinski definition) is 4. The van der Waals surface area contributed by atoms with Gasteiger partial charge in [-0.3, -0.25) is 0 Å². The van der Waals surface area contributed by atoms with E-state index in [9.17, 15) is 10.2 Å². The molecule has 0 bridgehead atoms. The van der Waals surface area contributed by atoms with Gasteiger partial charge in [0, 0.05) is 33.1 Å². The van der Waals surface area contributed by atoms with Gasteiger partial charge in [-0.2, -0.15) is 0 Å². The Hall–Kier alpha value is -3.37. The fourth-order valence-electron chi connectivity index (χ4n) is 4.65. The SMILES string of the molecule is Oc1ccc2c(c1)Oc1cc(O)ccc1C21c2ccccc2Sc2ccccc21. The third-order valence-electron chi connectivity index (χ3n) is 5.76. The van der Waals surface area contributed by atoms with Crippen LogP contribution in [0.1, 0.15) is 22.3 Å². The van der Waals surface area contributed by atoms with Crippen molar-refractivity contribution in [3.05, 3.63) is 107 Å². The van der Waals surface area contributed by atoms with E-state index >= 15 is 0 Å². The molecule has 3 nitrogen and oxygen atoms in total. The number of phenols is 2. The second kappa shape index (κ2) is 5.82. The Kier molecular flexibility index (Phi) is 3.32. The molecule has 4 aromatic carbocycles. The van der Waals surface area contributed by atoms with E-state index in [1.807, 2.05) is 12.1 Å². The van der Waals surface area contributed by atoms with Crippen molar-refractivity contribution in [2.45, 2.75) is 15.2 Å². The summed E-state index contributed by atoms with van der Waals surface area (Å²) in [6.45, 7) is 0. The molecule has 0 fully saturated rings. The molecule has 0 saturated heterocycles. The molecule has 2 heterocycles. The highest BCUT2D eigenvalue weighted by atomic mass is 32.2. The molecule has 0 saturated carbocycles. The van der Waals surface area contributed by atoms with Gasteiger partial charge in [-0.15, -0.1) is 0 Å². The summed E-state index contributed by atoms with van der Waals surface area (Å²) in [6, 6.07) is 27.5. The minimum Gasteiger partial charge on any atom is -0.508 e. The summed E-state index contributed by atoms with van der Waals surface area (Å²) < 4.78 is 6.17. The fourth-order valence-corrected chi connectivity index (χ4v) is 5.84. The van der Waals surface area contributed by atoms with Gasteiger partial charge < -0.3 is 14.9 Å². The number of aromatic hydroxyl groups is 2. The Bertz CT molecular complexity index is 1200. The Balaban J connectivity index is 1.84. The quantitative estimate of drug-likeness (QED) is 0.328. The van der Waals surface area contributed by atoms with Crippen LogP contribution in [0, 0.1) is 0 Å². The van der Waals surface area contributed by atoms with Crippen LogP contribution in [-0.2, 0) is 5.41 Å². The van der Waals surface area contributed by atoms with Crippen molar-refractivity contribution in [3.63, 3.8) is 0 Å². The number of fused-ring (bicyclic) bond motifs is 8. The molecule has 0 radical (unpaired) electrons. The average Bonchev–Trinajstić information content (AvgIpc) is 2.73. The van der Waals surface area contributed by atoms with Gasteiger partial charge in [0.1, 0.15) is 23.0 Å². The number of phenolic OH excluding ortho intramolecular Hbond substituents is 2. The minimum atomic E-state index is -0.594. The lowest BCUT2D eigenvalue weighted by atomic mass is 9.63. The predicted octanol–water partition coefficient (Wildman–Crippen LogP) is 6.05. The normalized spacial score (nSPS) is 14.9. The molecule has 2 aliphatic heterocycles. The summed E-state index contributed by atoms with van der Waals surface area (Å²) in [6.07, 6.45) is 0. The Labute approximate surface area is 172 Å². The number of benzene rings is 4. The van der Waals surface area contributed by atoms with E-state index in [-0.39, 0.29) is 11.5 Å². The van der Waals surface area contributed by atoms with E-state index in [4.69, 9.17) is 4.74 Å². The van der Waals surface area contributed by atoms with Gasteiger partial charge in [0.05, 0.1) is 5.41 Å². The monoisotopic (exact) mass is 396 g/mol. The van der Waals surface area contributed by atoms with Crippen molar-refractivity contribution in [2.24, 2.45) is 0 Å². The van der Waals surface area contributed by atoms with E-state index in [0.29, 0.717) is 11.5 Å². The maximum atomic E-state index is 10.1. The number of hydrogen-bond donors (Lipinski definition) is 2. The second-order valence-corrected chi connectivity index (χ2v) is 8.39. The summed E-state index contributed by atoms with van der Waals surface area (Å²) in [5, 5.41) is 20.3. The van der Waals surface area contributed by atoms with E-state index in [1.165, 1.54) is 20.9 Å². The topological polar surface area (TPSA) is 49.7 Å². The van der Waals surface area contributed by atoms with Crippen LogP contribution in [0.25, 0.3) is 0 Å². The molecule has 4 aromatic rings. The van der Waals surface area contributed by atoms with Crippen LogP contribution in [0.4, 0.5) is 0 Å². The van der Waals surface area contributed by atoms with Crippen LogP contribution in [0.5, 0.6) is 23.0 Å². The molecule has 140 valence electrons. The molecule has 0 aromatic heterocycles. The lowest BCUT2D eigenvalue weighted by Crippen LogP contribution is -2.36. The van der Waals surface area contributed by atoms with Crippen molar-refractivity contribution >= 4 is 11.8 Å². The first-order chi connectivity index (χ1) is 14.2. The number of ether oxygens (including phenoxy) is 1. The van der Waals surface area contributed by atoms with Crippen LogP contribution < -0.4 is 4.74 Å². The molecule has 6 rings (SSSR count). The highest BCUT2D eigenvalue weighted by molar-refractivity contribution is 7.99. The summed E-state index contributed by atoms with van der Waals surface area (Å²) in [7, 11) is 0. The summed E-state index contributed by atoms with van der Waals surface area (Å²) in [5.74, 6) is 1.49. The van der Waals surface area contributed by atoms with Gasteiger partial charge >= 0.3 is 0 Å². The molecular formula is C25H16O3S. The first-order valence-corrected chi connectivity index (χ1v) is 10.2. The highest BCUT2D eigenvalue weighted by Crippen LogP contribution is 2.61. The van der Waals surface area contributed by atoms with Crippen LogP contribution in [0.2, 0.25) is 0 Å². The largest absolute Gasteiger partial charge is 0.508 e. The Morgan fingerprint density at radius 3 is 1.59 bits per heavy atom. The molecule has 0 aliphatic carbocycles.